The van der Waals surface area contributed by atoms with Gasteiger partial charge in [-0.1, -0.05) is 20.8 Å². The Labute approximate surface area is 127 Å². The molecule has 0 spiro atoms. The van der Waals surface area contributed by atoms with Crippen LogP contribution in [0.3, 0.4) is 0 Å². The van der Waals surface area contributed by atoms with E-state index in [-0.39, 0.29) is 5.41 Å². The molecule has 0 aromatic carbocycles. The van der Waals surface area contributed by atoms with Crippen molar-refractivity contribution in [3.05, 3.63) is 23.5 Å². The van der Waals surface area contributed by atoms with Crippen LogP contribution in [0.25, 0.3) is 0 Å². The van der Waals surface area contributed by atoms with Crippen LogP contribution in [0, 0.1) is 5.41 Å². The van der Waals surface area contributed by atoms with Crippen LogP contribution in [0.1, 0.15) is 51.8 Å². The number of aryl methyl sites for hydroxylation is 1. The second kappa shape index (κ2) is 6.08. The fourth-order valence-electron chi connectivity index (χ4n) is 2.31. The van der Waals surface area contributed by atoms with E-state index in [0.29, 0.717) is 11.2 Å². The Morgan fingerprint density at radius 1 is 1.30 bits per heavy atom. The van der Waals surface area contributed by atoms with Gasteiger partial charge in [-0.3, -0.25) is 4.98 Å². The fraction of sp³-hybridized carbons (Fsp3) is 0.625. The Hall–Kier alpha value is -1.16. The predicted molar refractivity (Wildman–Crippen MR) is 89.2 cm³/mol. The van der Waals surface area contributed by atoms with E-state index in [2.05, 4.69) is 43.3 Å². The van der Waals surface area contributed by atoms with E-state index in [9.17, 15) is 0 Å². The Bertz CT molecular complexity index is 491. The number of aromatic nitrogens is 1. The third-order valence-electron chi connectivity index (χ3n) is 4.13. The molecule has 0 fully saturated rings. The third-order valence-corrected chi connectivity index (χ3v) is 4.35. The maximum atomic E-state index is 5.44. The summed E-state index contributed by atoms with van der Waals surface area (Å²) >= 11 is 5.44. The van der Waals surface area contributed by atoms with Gasteiger partial charge in [0.15, 0.2) is 5.11 Å². The summed E-state index contributed by atoms with van der Waals surface area (Å²) < 4.78 is 0. The second-order valence-corrected chi connectivity index (χ2v) is 7.09. The molecule has 0 radical (unpaired) electrons. The minimum absolute atomic E-state index is 0.184. The Morgan fingerprint density at radius 2 is 2.00 bits per heavy atom. The molecule has 1 heterocycles. The van der Waals surface area contributed by atoms with E-state index >= 15 is 0 Å². The highest BCUT2D eigenvalue weighted by molar-refractivity contribution is 7.80. The standard InChI is InChI=1S/C16H25N3S/c1-11(16(2,3)4)18-15(20)19-14-9-10-17-13-8-6-5-7-12(13)14/h9-11H,5-8H2,1-4H3,(H2,17,18,19,20). The molecule has 0 bridgehead atoms. The Morgan fingerprint density at radius 3 is 2.70 bits per heavy atom. The summed E-state index contributed by atoms with van der Waals surface area (Å²) in [6, 6.07) is 2.35. The average molecular weight is 291 g/mol. The van der Waals surface area contributed by atoms with Crippen LogP contribution < -0.4 is 10.6 Å². The monoisotopic (exact) mass is 291 g/mol. The highest BCUT2D eigenvalue weighted by Gasteiger charge is 2.21. The summed E-state index contributed by atoms with van der Waals surface area (Å²) in [6.07, 6.45) is 6.55. The lowest BCUT2D eigenvalue weighted by molar-refractivity contribution is 0.317. The van der Waals surface area contributed by atoms with Gasteiger partial charge in [-0.25, -0.2) is 0 Å². The quantitative estimate of drug-likeness (QED) is 0.815. The molecule has 0 amide bonds. The zero-order valence-electron chi connectivity index (χ0n) is 12.9. The van der Waals surface area contributed by atoms with Gasteiger partial charge in [0, 0.05) is 23.6 Å². The molecular formula is C16H25N3S. The van der Waals surface area contributed by atoms with Crippen molar-refractivity contribution < 1.29 is 0 Å². The summed E-state index contributed by atoms with van der Waals surface area (Å²) in [4.78, 5) is 4.48. The topological polar surface area (TPSA) is 37.0 Å². The molecule has 1 aromatic rings. The lowest BCUT2D eigenvalue weighted by atomic mass is 9.88. The number of hydrogen-bond acceptors (Lipinski definition) is 2. The van der Waals surface area contributed by atoms with Gasteiger partial charge in [-0.2, -0.15) is 0 Å². The minimum Gasteiger partial charge on any atom is -0.359 e. The molecule has 0 saturated carbocycles. The van der Waals surface area contributed by atoms with Crippen molar-refractivity contribution in [3.63, 3.8) is 0 Å². The van der Waals surface area contributed by atoms with E-state index in [0.717, 1.165) is 18.5 Å². The highest BCUT2D eigenvalue weighted by Crippen LogP contribution is 2.26. The highest BCUT2D eigenvalue weighted by atomic mass is 32.1. The van der Waals surface area contributed by atoms with E-state index in [1.54, 1.807) is 0 Å². The summed E-state index contributed by atoms with van der Waals surface area (Å²) in [5.41, 5.74) is 3.87. The van der Waals surface area contributed by atoms with Crippen LogP contribution >= 0.6 is 12.2 Å². The minimum atomic E-state index is 0.184. The van der Waals surface area contributed by atoms with Gasteiger partial charge in [0.1, 0.15) is 0 Å². The molecular weight excluding hydrogens is 266 g/mol. The van der Waals surface area contributed by atoms with Gasteiger partial charge in [0.05, 0.1) is 0 Å². The molecule has 4 heteroatoms. The number of pyridine rings is 1. The van der Waals surface area contributed by atoms with Crippen molar-refractivity contribution >= 4 is 23.0 Å². The summed E-state index contributed by atoms with van der Waals surface area (Å²) in [6.45, 7) is 8.79. The van der Waals surface area contributed by atoms with Crippen LogP contribution in [0.2, 0.25) is 0 Å². The SMILES string of the molecule is CC(NC(=S)Nc1ccnc2c1CCCC2)C(C)(C)C. The molecule has 1 aliphatic carbocycles. The van der Waals surface area contributed by atoms with Crippen LogP contribution in [-0.2, 0) is 12.8 Å². The van der Waals surface area contributed by atoms with Crippen LogP contribution in [0.15, 0.2) is 12.3 Å². The van der Waals surface area contributed by atoms with Gasteiger partial charge in [-0.15, -0.1) is 0 Å². The number of anilines is 1. The number of nitrogens with one attached hydrogen (secondary N) is 2. The molecule has 3 nitrogen and oxygen atoms in total. The van der Waals surface area contributed by atoms with Crippen molar-refractivity contribution in [1.29, 1.82) is 0 Å². The van der Waals surface area contributed by atoms with E-state index < -0.39 is 0 Å². The van der Waals surface area contributed by atoms with E-state index in [4.69, 9.17) is 12.2 Å². The molecule has 110 valence electrons. The summed E-state index contributed by atoms with van der Waals surface area (Å²) in [5, 5.41) is 7.43. The van der Waals surface area contributed by atoms with Gasteiger partial charge < -0.3 is 10.6 Å². The molecule has 20 heavy (non-hydrogen) atoms. The molecule has 1 aromatic heterocycles. The maximum absolute atomic E-state index is 5.44. The molecule has 1 aliphatic rings. The largest absolute Gasteiger partial charge is 0.359 e. The van der Waals surface area contributed by atoms with Crippen molar-refractivity contribution in [2.75, 3.05) is 5.32 Å². The number of hydrogen-bond donors (Lipinski definition) is 2. The Kier molecular flexibility index (Phi) is 4.63. The fourth-order valence-corrected chi connectivity index (χ4v) is 2.60. The van der Waals surface area contributed by atoms with Crippen LogP contribution in [0.5, 0.6) is 0 Å². The zero-order valence-corrected chi connectivity index (χ0v) is 13.7. The van der Waals surface area contributed by atoms with E-state index in [1.165, 1.54) is 24.1 Å². The van der Waals surface area contributed by atoms with E-state index in [1.807, 2.05) is 12.3 Å². The molecule has 0 aliphatic heterocycles. The molecule has 1 atom stereocenters. The van der Waals surface area contributed by atoms with Gasteiger partial charge in [-0.05, 0) is 61.9 Å². The van der Waals surface area contributed by atoms with Crippen molar-refractivity contribution in [3.8, 4) is 0 Å². The normalized spacial score (nSPS) is 16.2. The molecule has 2 N–H and O–H groups in total. The lowest BCUT2D eigenvalue weighted by Crippen LogP contribution is -2.43. The van der Waals surface area contributed by atoms with Gasteiger partial charge in [0.2, 0.25) is 0 Å². The van der Waals surface area contributed by atoms with Gasteiger partial charge >= 0.3 is 0 Å². The van der Waals surface area contributed by atoms with Crippen LogP contribution in [-0.4, -0.2) is 16.1 Å². The van der Waals surface area contributed by atoms with Crippen molar-refractivity contribution in [1.82, 2.24) is 10.3 Å². The Balaban J connectivity index is 2.05. The number of fused-ring (bicyclic) bond motifs is 1. The summed E-state index contributed by atoms with van der Waals surface area (Å²) in [7, 11) is 0. The first-order chi connectivity index (χ1) is 9.38. The van der Waals surface area contributed by atoms with Crippen molar-refractivity contribution in [2.24, 2.45) is 5.41 Å². The van der Waals surface area contributed by atoms with Crippen LogP contribution in [0.4, 0.5) is 5.69 Å². The van der Waals surface area contributed by atoms with Gasteiger partial charge in [0.25, 0.3) is 0 Å². The van der Waals surface area contributed by atoms with Crippen molar-refractivity contribution in [2.45, 2.75) is 59.4 Å². The summed E-state index contributed by atoms with van der Waals surface area (Å²) in [5.74, 6) is 0. The molecule has 1 unspecified atom stereocenters. The number of rotatable bonds is 2. The maximum Gasteiger partial charge on any atom is 0.171 e. The second-order valence-electron chi connectivity index (χ2n) is 6.68. The zero-order chi connectivity index (χ0) is 14.8. The first-order valence-electron chi connectivity index (χ1n) is 7.42. The first kappa shape index (κ1) is 15.2. The number of nitrogens with zero attached hydrogens (tertiary/aromatic N) is 1. The smallest absolute Gasteiger partial charge is 0.171 e. The lowest BCUT2D eigenvalue weighted by Gasteiger charge is -2.29. The average Bonchev–Trinajstić information content (AvgIpc) is 2.38. The predicted octanol–water partition coefficient (Wildman–Crippen LogP) is 3.68. The molecule has 2 rings (SSSR count). The molecule has 0 saturated heterocycles. The first-order valence-corrected chi connectivity index (χ1v) is 7.83. The number of thiocarbonyl (C=S) groups is 1. The third kappa shape index (κ3) is 3.69.